The number of aromatic nitrogens is 2. The molecule has 0 aliphatic carbocycles. The molecular formula is C10H13N2+. The van der Waals surface area contributed by atoms with Crippen molar-refractivity contribution in [1.29, 1.82) is 0 Å². The molecule has 2 heterocycles. The average Bonchev–Trinajstić information content (AvgIpc) is 2.29. The number of hydrogen-bond acceptors (Lipinski definition) is 0. The molecule has 0 N–H and O–H groups in total. The minimum absolute atomic E-state index is 1.26. The SMILES string of the molecule is Cc1cccc2c[n+](C)c(C)n12. The normalized spacial score (nSPS) is 10.9. The molecule has 12 heavy (non-hydrogen) atoms. The van der Waals surface area contributed by atoms with Crippen molar-refractivity contribution in [2.75, 3.05) is 0 Å². The first kappa shape index (κ1) is 7.35. The van der Waals surface area contributed by atoms with Crippen molar-refractivity contribution in [3.8, 4) is 0 Å². The average molecular weight is 161 g/mol. The highest BCUT2D eigenvalue weighted by Crippen LogP contribution is 2.07. The van der Waals surface area contributed by atoms with Crippen LogP contribution in [0.2, 0.25) is 0 Å². The zero-order valence-electron chi connectivity index (χ0n) is 7.70. The number of hydrogen-bond donors (Lipinski definition) is 0. The Labute approximate surface area is 72.1 Å². The number of nitrogens with zero attached hydrogens (tertiary/aromatic N) is 2. The Hall–Kier alpha value is -1.31. The van der Waals surface area contributed by atoms with E-state index in [9.17, 15) is 0 Å². The Morgan fingerprint density at radius 3 is 2.67 bits per heavy atom. The predicted molar refractivity (Wildman–Crippen MR) is 48.0 cm³/mol. The third-order valence-corrected chi connectivity index (χ3v) is 2.38. The van der Waals surface area contributed by atoms with Crippen LogP contribution in [0.15, 0.2) is 24.4 Å². The van der Waals surface area contributed by atoms with Gasteiger partial charge >= 0.3 is 0 Å². The standard InChI is InChI=1S/C10H13N2/c1-8-5-4-6-10-7-11(3)9(2)12(8)10/h4-7H,1-3H3/q+1. The van der Waals surface area contributed by atoms with E-state index in [0.29, 0.717) is 0 Å². The van der Waals surface area contributed by atoms with Gasteiger partial charge in [0.05, 0.1) is 7.05 Å². The Morgan fingerprint density at radius 2 is 2.00 bits per heavy atom. The second-order valence-corrected chi connectivity index (χ2v) is 3.21. The Kier molecular flexibility index (Phi) is 1.43. The molecule has 0 fully saturated rings. The molecule has 0 amide bonds. The molecule has 0 bridgehead atoms. The van der Waals surface area contributed by atoms with E-state index in [1.54, 1.807) is 0 Å². The quantitative estimate of drug-likeness (QED) is 0.516. The molecule has 0 atom stereocenters. The molecular weight excluding hydrogens is 148 g/mol. The second kappa shape index (κ2) is 2.34. The molecule has 2 aromatic rings. The lowest BCUT2D eigenvalue weighted by atomic mass is 10.3. The van der Waals surface area contributed by atoms with E-state index in [1.807, 2.05) is 0 Å². The van der Waals surface area contributed by atoms with Crippen molar-refractivity contribution in [2.24, 2.45) is 7.05 Å². The predicted octanol–water partition coefficient (Wildman–Crippen LogP) is 1.38. The van der Waals surface area contributed by atoms with Gasteiger partial charge in [-0.05, 0) is 19.1 Å². The molecule has 0 saturated carbocycles. The van der Waals surface area contributed by atoms with Gasteiger partial charge in [-0.1, -0.05) is 6.07 Å². The molecule has 2 aromatic heterocycles. The van der Waals surface area contributed by atoms with Crippen LogP contribution in [0, 0.1) is 13.8 Å². The van der Waals surface area contributed by atoms with Crippen LogP contribution < -0.4 is 4.57 Å². The third-order valence-electron chi connectivity index (χ3n) is 2.38. The van der Waals surface area contributed by atoms with Crippen LogP contribution >= 0.6 is 0 Å². The van der Waals surface area contributed by atoms with Gasteiger partial charge in [0, 0.05) is 6.92 Å². The molecule has 0 saturated heterocycles. The molecule has 2 heteroatoms. The lowest BCUT2D eigenvalue weighted by Gasteiger charge is -1.92. The highest BCUT2D eigenvalue weighted by atomic mass is 15.1. The summed E-state index contributed by atoms with van der Waals surface area (Å²) >= 11 is 0. The monoisotopic (exact) mass is 161 g/mol. The summed E-state index contributed by atoms with van der Waals surface area (Å²) < 4.78 is 4.39. The summed E-state index contributed by atoms with van der Waals surface area (Å²) in [6.07, 6.45) is 2.14. The van der Waals surface area contributed by atoms with Gasteiger partial charge in [-0.15, -0.1) is 0 Å². The fraction of sp³-hybridized carbons (Fsp3) is 0.300. The summed E-state index contributed by atoms with van der Waals surface area (Å²) in [7, 11) is 2.07. The minimum Gasteiger partial charge on any atom is -0.236 e. The van der Waals surface area contributed by atoms with E-state index < -0.39 is 0 Å². The number of rotatable bonds is 0. The van der Waals surface area contributed by atoms with Crippen molar-refractivity contribution in [3.63, 3.8) is 0 Å². The summed E-state index contributed by atoms with van der Waals surface area (Å²) in [5, 5.41) is 0. The van der Waals surface area contributed by atoms with Crippen LogP contribution in [-0.2, 0) is 7.05 Å². The van der Waals surface area contributed by atoms with Gasteiger partial charge < -0.3 is 0 Å². The Morgan fingerprint density at radius 1 is 1.25 bits per heavy atom. The topological polar surface area (TPSA) is 8.29 Å². The van der Waals surface area contributed by atoms with Gasteiger partial charge in [-0.25, -0.2) is 4.57 Å². The van der Waals surface area contributed by atoms with E-state index in [0.717, 1.165) is 0 Å². The number of imidazole rings is 1. The fourth-order valence-electron chi connectivity index (χ4n) is 1.63. The van der Waals surface area contributed by atoms with E-state index in [-0.39, 0.29) is 0 Å². The van der Waals surface area contributed by atoms with E-state index in [4.69, 9.17) is 0 Å². The summed E-state index contributed by atoms with van der Waals surface area (Å²) in [4.78, 5) is 0. The van der Waals surface area contributed by atoms with Gasteiger partial charge in [0.15, 0.2) is 5.52 Å². The largest absolute Gasteiger partial charge is 0.258 e. The molecule has 0 aliphatic rings. The van der Waals surface area contributed by atoms with Gasteiger partial charge in [-0.2, -0.15) is 4.40 Å². The highest BCUT2D eigenvalue weighted by molar-refractivity contribution is 5.44. The highest BCUT2D eigenvalue weighted by Gasteiger charge is 2.11. The molecule has 2 nitrogen and oxygen atoms in total. The van der Waals surface area contributed by atoms with Gasteiger partial charge in [-0.3, -0.25) is 0 Å². The molecule has 0 unspecified atom stereocenters. The summed E-state index contributed by atoms with van der Waals surface area (Å²) in [5.41, 5.74) is 2.54. The first-order valence-corrected chi connectivity index (χ1v) is 4.13. The zero-order chi connectivity index (χ0) is 8.72. The minimum atomic E-state index is 1.26. The first-order chi connectivity index (χ1) is 5.70. The van der Waals surface area contributed by atoms with Crippen molar-refractivity contribution in [3.05, 3.63) is 35.9 Å². The van der Waals surface area contributed by atoms with E-state index >= 15 is 0 Å². The maximum absolute atomic E-state index is 2.25. The van der Waals surface area contributed by atoms with Crippen molar-refractivity contribution >= 4 is 5.52 Å². The van der Waals surface area contributed by atoms with Crippen LogP contribution in [0.3, 0.4) is 0 Å². The molecule has 62 valence electrons. The van der Waals surface area contributed by atoms with Crippen LogP contribution in [0.5, 0.6) is 0 Å². The Bertz CT molecular complexity index is 427. The number of aryl methyl sites for hydroxylation is 3. The number of pyridine rings is 1. The second-order valence-electron chi connectivity index (χ2n) is 3.21. The lowest BCUT2D eigenvalue weighted by Crippen LogP contribution is -2.28. The van der Waals surface area contributed by atoms with Crippen molar-refractivity contribution in [2.45, 2.75) is 13.8 Å². The maximum Gasteiger partial charge on any atom is 0.258 e. The summed E-state index contributed by atoms with van der Waals surface area (Å²) in [6, 6.07) is 6.34. The summed E-state index contributed by atoms with van der Waals surface area (Å²) in [5.74, 6) is 1.27. The fourth-order valence-corrected chi connectivity index (χ4v) is 1.63. The maximum atomic E-state index is 2.25. The molecule has 0 aliphatic heterocycles. The number of fused-ring (bicyclic) bond motifs is 1. The molecule has 0 aromatic carbocycles. The molecule has 0 radical (unpaired) electrons. The van der Waals surface area contributed by atoms with Crippen molar-refractivity contribution < 1.29 is 4.57 Å². The first-order valence-electron chi connectivity index (χ1n) is 4.13. The van der Waals surface area contributed by atoms with Gasteiger partial charge in [0.2, 0.25) is 0 Å². The molecule has 0 spiro atoms. The molecule has 2 rings (SSSR count). The van der Waals surface area contributed by atoms with Gasteiger partial charge in [0.25, 0.3) is 5.82 Å². The third kappa shape index (κ3) is 0.843. The van der Waals surface area contributed by atoms with Crippen molar-refractivity contribution in [1.82, 2.24) is 4.40 Å². The lowest BCUT2D eigenvalue weighted by molar-refractivity contribution is -0.676. The summed E-state index contributed by atoms with van der Waals surface area (Å²) in [6.45, 7) is 4.25. The van der Waals surface area contributed by atoms with Crippen LogP contribution in [-0.4, -0.2) is 4.40 Å². The van der Waals surface area contributed by atoms with Crippen LogP contribution in [0.1, 0.15) is 11.5 Å². The van der Waals surface area contributed by atoms with Crippen LogP contribution in [0.25, 0.3) is 5.52 Å². The van der Waals surface area contributed by atoms with E-state index in [2.05, 4.69) is 54.3 Å². The van der Waals surface area contributed by atoms with Crippen LogP contribution in [0.4, 0.5) is 0 Å². The van der Waals surface area contributed by atoms with Gasteiger partial charge in [0.1, 0.15) is 11.9 Å². The van der Waals surface area contributed by atoms with E-state index in [1.165, 1.54) is 17.0 Å². The smallest absolute Gasteiger partial charge is 0.236 e. The zero-order valence-corrected chi connectivity index (χ0v) is 7.70. The Balaban J connectivity index is 2.97.